The standard InChI is InChI=1S/C13H18N6S/c1-8-9(2)16-17-13(11(8)12(14)20)19(4)7-10-15-5-6-18(10)3/h5-6H,7H2,1-4H3,(H2,14,20). The molecule has 2 aromatic rings. The Hall–Kier alpha value is -2.02. The molecule has 2 aromatic heterocycles. The fourth-order valence-electron chi connectivity index (χ4n) is 1.99. The van der Waals surface area contributed by atoms with Crippen molar-refractivity contribution in [3.8, 4) is 0 Å². The molecule has 0 aliphatic carbocycles. The van der Waals surface area contributed by atoms with Gasteiger partial charge in [-0.2, -0.15) is 5.10 Å². The summed E-state index contributed by atoms with van der Waals surface area (Å²) in [5.74, 6) is 1.62. The quantitative estimate of drug-likeness (QED) is 0.850. The van der Waals surface area contributed by atoms with Crippen molar-refractivity contribution in [3.63, 3.8) is 0 Å². The van der Waals surface area contributed by atoms with E-state index in [9.17, 15) is 0 Å². The molecule has 7 heteroatoms. The highest BCUT2D eigenvalue weighted by Crippen LogP contribution is 2.22. The Labute approximate surface area is 123 Å². The molecular formula is C13H18N6S. The molecule has 0 saturated heterocycles. The Morgan fingerprint density at radius 3 is 2.65 bits per heavy atom. The molecule has 0 unspecified atom stereocenters. The van der Waals surface area contributed by atoms with Crippen LogP contribution >= 0.6 is 12.2 Å². The highest BCUT2D eigenvalue weighted by Gasteiger charge is 2.17. The normalized spacial score (nSPS) is 10.6. The van der Waals surface area contributed by atoms with E-state index in [-0.39, 0.29) is 0 Å². The highest BCUT2D eigenvalue weighted by atomic mass is 32.1. The molecule has 0 spiro atoms. The smallest absolute Gasteiger partial charge is 0.161 e. The number of hydrogen-bond donors (Lipinski definition) is 1. The van der Waals surface area contributed by atoms with E-state index in [1.54, 1.807) is 6.20 Å². The van der Waals surface area contributed by atoms with Gasteiger partial charge in [-0.3, -0.25) is 0 Å². The highest BCUT2D eigenvalue weighted by molar-refractivity contribution is 7.80. The van der Waals surface area contributed by atoms with Gasteiger partial charge in [0.05, 0.1) is 17.8 Å². The SMILES string of the molecule is Cc1nnc(N(C)Cc2nccn2C)c(C(N)=S)c1C. The van der Waals surface area contributed by atoms with Crippen LogP contribution < -0.4 is 10.6 Å². The van der Waals surface area contributed by atoms with Crippen molar-refractivity contribution in [1.82, 2.24) is 19.7 Å². The Kier molecular flexibility index (Phi) is 3.99. The van der Waals surface area contributed by atoms with Gasteiger partial charge in [0.15, 0.2) is 5.82 Å². The van der Waals surface area contributed by atoms with Gasteiger partial charge in [0, 0.05) is 26.5 Å². The molecule has 0 amide bonds. The van der Waals surface area contributed by atoms with E-state index in [0.29, 0.717) is 17.4 Å². The van der Waals surface area contributed by atoms with Crippen molar-refractivity contribution >= 4 is 23.0 Å². The first-order chi connectivity index (χ1) is 9.41. The molecule has 2 N–H and O–H groups in total. The molecule has 106 valence electrons. The molecule has 0 bridgehead atoms. The third kappa shape index (κ3) is 2.62. The third-order valence-electron chi connectivity index (χ3n) is 3.34. The van der Waals surface area contributed by atoms with Crippen molar-refractivity contribution in [2.75, 3.05) is 11.9 Å². The van der Waals surface area contributed by atoms with Crippen LogP contribution in [0.3, 0.4) is 0 Å². The van der Waals surface area contributed by atoms with E-state index in [4.69, 9.17) is 18.0 Å². The van der Waals surface area contributed by atoms with Gasteiger partial charge in [-0.15, -0.1) is 5.10 Å². The largest absolute Gasteiger partial charge is 0.389 e. The lowest BCUT2D eigenvalue weighted by Crippen LogP contribution is -2.26. The van der Waals surface area contributed by atoms with Gasteiger partial charge in [-0.25, -0.2) is 4.98 Å². The summed E-state index contributed by atoms with van der Waals surface area (Å²) in [4.78, 5) is 6.59. The van der Waals surface area contributed by atoms with Gasteiger partial charge in [0.25, 0.3) is 0 Å². The average Bonchev–Trinajstić information content (AvgIpc) is 2.77. The molecule has 0 atom stereocenters. The van der Waals surface area contributed by atoms with Crippen LogP contribution in [0.1, 0.15) is 22.6 Å². The van der Waals surface area contributed by atoms with Gasteiger partial charge in [0.2, 0.25) is 0 Å². The first-order valence-corrected chi connectivity index (χ1v) is 6.63. The minimum atomic E-state index is 0.335. The van der Waals surface area contributed by atoms with Crippen LogP contribution in [-0.4, -0.2) is 31.8 Å². The molecule has 0 saturated carbocycles. The summed E-state index contributed by atoms with van der Waals surface area (Å²) in [6, 6.07) is 0. The van der Waals surface area contributed by atoms with E-state index in [0.717, 1.165) is 22.6 Å². The zero-order valence-corrected chi connectivity index (χ0v) is 12.9. The van der Waals surface area contributed by atoms with Crippen molar-refractivity contribution in [2.45, 2.75) is 20.4 Å². The summed E-state index contributed by atoms with van der Waals surface area (Å²) < 4.78 is 1.96. The Balaban J connectivity index is 2.39. The number of anilines is 1. The van der Waals surface area contributed by atoms with Crippen LogP contribution in [0.4, 0.5) is 5.82 Å². The van der Waals surface area contributed by atoms with Crippen molar-refractivity contribution < 1.29 is 0 Å². The predicted octanol–water partition coefficient (Wildman–Crippen LogP) is 1.10. The van der Waals surface area contributed by atoms with Crippen molar-refractivity contribution in [3.05, 3.63) is 35.0 Å². The van der Waals surface area contributed by atoms with Crippen LogP contribution in [0.15, 0.2) is 12.4 Å². The minimum Gasteiger partial charge on any atom is -0.389 e. The number of nitrogens with zero attached hydrogens (tertiary/aromatic N) is 5. The summed E-state index contributed by atoms with van der Waals surface area (Å²) in [5, 5.41) is 8.40. The number of aryl methyl sites for hydroxylation is 2. The van der Waals surface area contributed by atoms with E-state index >= 15 is 0 Å². The summed E-state index contributed by atoms with van der Waals surface area (Å²) in [6.07, 6.45) is 3.67. The van der Waals surface area contributed by atoms with E-state index in [2.05, 4.69) is 15.2 Å². The van der Waals surface area contributed by atoms with Gasteiger partial charge >= 0.3 is 0 Å². The predicted molar refractivity (Wildman–Crippen MR) is 82.7 cm³/mol. The number of rotatable bonds is 4. The topological polar surface area (TPSA) is 72.9 Å². The van der Waals surface area contributed by atoms with Crippen molar-refractivity contribution in [2.24, 2.45) is 12.8 Å². The first kappa shape index (κ1) is 14.4. The Morgan fingerprint density at radius 2 is 2.10 bits per heavy atom. The molecule has 0 radical (unpaired) electrons. The Bertz CT molecular complexity index is 648. The molecule has 2 rings (SSSR count). The molecular weight excluding hydrogens is 272 g/mol. The maximum atomic E-state index is 5.84. The third-order valence-corrected chi connectivity index (χ3v) is 3.55. The maximum Gasteiger partial charge on any atom is 0.161 e. The molecule has 2 heterocycles. The number of aromatic nitrogens is 4. The molecule has 0 aliphatic rings. The number of nitrogens with two attached hydrogens (primary N) is 1. The molecule has 0 aromatic carbocycles. The zero-order chi connectivity index (χ0) is 14.9. The van der Waals surface area contributed by atoms with Crippen LogP contribution in [-0.2, 0) is 13.6 Å². The van der Waals surface area contributed by atoms with Crippen LogP contribution in [0, 0.1) is 13.8 Å². The molecule has 0 fully saturated rings. The average molecular weight is 290 g/mol. The van der Waals surface area contributed by atoms with Crippen LogP contribution in [0.2, 0.25) is 0 Å². The second kappa shape index (κ2) is 5.54. The van der Waals surface area contributed by atoms with Crippen molar-refractivity contribution in [1.29, 1.82) is 0 Å². The molecule has 20 heavy (non-hydrogen) atoms. The summed E-state index contributed by atoms with van der Waals surface area (Å²) in [6.45, 7) is 4.46. The van der Waals surface area contributed by atoms with Gasteiger partial charge in [-0.1, -0.05) is 12.2 Å². The fourth-order valence-corrected chi connectivity index (χ4v) is 2.24. The van der Waals surface area contributed by atoms with E-state index < -0.39 is 0 Å². The monoisotopic (exact) mass is 290 g/mol. The first-order valence-electron chi connectivity index (χ1n) is 6.22. The maximum absolute atomic E-state index is 5.84. The summed E-state index contributed by atoms with van der Waals surface area (Å²) >= 11 is 5.15. The fraction of sp³-hybridized carbons (Fsp3) is 0.385. The Morgan fingerprint density at radius 1 is 1.40 bits per heavy atom. The zero-order valence-electron chi connectivity index (χ0n) is 12.1. The van der Waals surface area contributed by atoms with Crippen LogP contribution in [0.25, 0.3) is 0 Å². The number of thiocarbonyl (C=S) groups is 1. The van der Waals surface area contributed by atoms with E-state index in [1.807, 2.05) is 43.6 Å². The molecule has 0 aliphatic heterocycles. The number of hydrogen-bond acceptors (Lipinski definition) is 5. The van der Waals surface area contributed by atoms with E-state index in [1.165, 1.54) is 0 Å². The number of imidazole rings is 1. The second-order valence-corrected chi connectivity index (χ2v) is 5.22. The summed E-state index contributed by atoms with van der Waals surface area (Å²) in [5.41, 5.74) is 8.43. The van der Waals surface area contributed by atoms with Gasteiger partial charge in [0.1, 0.15) is 10.8 Å². The van der Waals surface area contributed by atoms with Gasteiger partial charge in [-0.05, 0) is 19.4 Å². The summed E-state index contributed by atoms with van der Waals surface area (Å²) in [7, 11) is 3.88. The molecule has 6 nitrogen and oxygen atoms in total. The van der Waals surface area contributed by atoms with Crippen LogP contribution in [0.5, 0.6) is 0 Å². The van der Waals surface area contributed by atoms with Gasteiger partial charge < -0.3 is 15.2 Å². The lowest BCUT2D eigenvalue weighted by molar-refractivity contribution is 0.746. The second-order valence-electron chi connectivity index (χ2n) is 4.78. The lowest BCUT2D eigenvalue weighted by Gasteiger charge is -2.21. The lowest BCUT2D eigenvalue weighted by atomic mass is 10.1. The minimum absolute atomic E-state index is 0.335.